The van der Waals surface area contributed by atoms with Gasteiger partial charge in [0.25, 0.3) is 0 Å². The first-order valence-corrected chi connectivity index (χ1v) is 50.9. The van der Waals surface area contributed by atoms with Gasteiger partial charge in [-0.2, -0.15) is 20.4 Å². The number of anilines is 5. The molecule has 10 fully saturated rings. The monoisotopic (exact) mass is 1950 g/mol. The lowest BCUT2D eigenvalue weighted by Crippen LogP contribution is -2.35. The molecule has 0 amide bonds. The molecule has 5 saturated carbocycles. The van der Waals surface area contributed by atoms with Gasteiger partial charge < -0.3 is 60.6 Å². The van der Waals surface area contributed by atoms with E-state index in [4.69, 9.17) is 34.5 Å². The molecular weight excluding hydrogens is 1840 g/mol. The Bertz CT molecular complexity index is 7160. The number of benzene rings is 1. The first-order chi connectivity index (χ1) is 70.3. The highest BCUT2D eigenvalue weighted by Crippen LogP contribution is 2.69. The number of hydrogen-bond acceptors (Lipinski definition) is 26. The quantitative estimate of drug-likeness (QED) is 0.0881. The molecule has 15 aliphatic rings. The first-order valence-electron chi connectivity index (χ1n) is 50.9. The largest absolute Gasteiger partial charge is 0.475 e. The van der Waals surface area contributed by atoms with Crippen molar-refractivity contribution in [3.05, 3.63) is 294 Å². The van der Waals surface area contributed by atoms with Crippen molar-refractivity contribution in [1.82, 2.24) is 120 Å². The van der Waals surface area contributed by atoms with Gasteiger partial charge in [0.05, 0.1) is 124 Å². The third-order valence-corrected chi connectivity index (χ3v) is 33.5. The van der Waals surface area contributed by atoms with E-state index in [-0.39, 0.29) is 87.1 Å². The number of nitrogens with one attached hydrogen (secondary N) is 5. The minimum Gasteiger partial charge on any atom is -0.475 e. The SMILES string of the molecule is C=C1NC[C@H](C)Oc2ncc(F)cc2[C@@]23C[C@@H]2CCN3c2ccn3ncc1c3n2.C=C1N[C@@H](C)CCc2ncc(F)cc2[C@@]23C[C@@H]2CCN3c2ccn3ncc1c3n2.C=C1N[C@@H](C)COc2ncc(F)cc2[C@@]23C[C@@H]2CCN3c2ccn3ncc1c3n2.C=C1N[C@H](C)CCc2ccc(F)cc2[C@@]23C[C@@H]2CCN3c2ccn3ncc1c3n2.C=C1N[C@H](C)CCc2ncc(F)cc2[C@@]23C[C@@H]2CCN3c2ccc3ncc1n3n2. The summed E-state index contributed by atoms with van der Waals surface area (Å²) in [6, 6.07) is 24.6. The minimum absolute atomic E-state index is 0.0201. The number of nitrogens with zero attached hydrogens (tertiary/aromatic N) is 24. The highest BCUT2D eigenvalue weighted by atomic mass is 19.1. The maximum atomic E-state index is 14.3. The summed E-state index contributed by atoms with van der Waals surface area (Å²) in [5.41, 5.74) is 19.3. The normalized spacial score (nSPS) is 28.0. The summed E-state index contributed by atoms with van der Waals surface area (Å²) >= 11 is 0. The van der Waals surface area contributed by atoms with Crippen LogP contribution in [0.25, 0.3) is 56.7 Å². The van der Waals surface area contributed by atoms with Crippen molar-refractivity contribution in [2.45, 2.75) is 195 Å². The summed E-state index contributed by atoms with van der Waals surface area (Å²) in [6.07, 6.45) is 37.4. The van der Waals surface area contributed by atoms with Gasteiger partial charge in [-0.05, 0) is 251 Å². The number of fused-ring (bicyclic) bond motifs is 15. The summed E-state index contributed by atoms with van der Waals surface area (Å²) < 4.78 is 92.6. The van der Waals surface area contributed by atoms with Gasteiger partial charge in [-0.25, -0.2) is 79.4 Å². The van der Waals surface area contributed by atoms with Gasteiger partial charge in [-0.1, -0.05) is 39.0 Å². The van der Waals surface area contributed by atoms with Crippen molar-refractivity contribution in [3.8, 4) is 11.8 Å². The Morgan fingerprint density at radius 2 is 0.724 bits per heavy atom. The van der Waals surface area contributed by atoms with E-state index in [1.165, 1.54) is 30.4 Å². The highest BCUT2D eigenvalue weighted by molar-refractivity contribution is 5.79. The fourth-order valence-corrected chi connectivity index (χ4v) is 26.0. The summed E-state index contributed by atoms with van der Waals surface area (Å²) in [4.78, 5) is 53.7. The second-order valence-electron chi connectivity index (χ2n) is 42.3. The summed E-state index contributed by atoms with van der Waals surface area (Å²) in [5, 5.41) is 39.8. The van der Waals surface area contributed by atoms with Crippen LogP contribution in [0.1, 0.15) is 191 Å². The maximum absolute atomic E-state index is 14.3. The molecular formula is C109H112F5N29O2. The fraction of sp³-hybridized carbons (Fsp3) is 0.394. The molecule has 145 heavy (non-hydrogen) atoms. The minimum atomic E-state index is -0.343. The molecule has 5 aliphatic carbocycles. The maximum Gasteiger partial charge on any atom is 0.219 e. The molecule has 30 rings (SSSR count). The smallest absolute Gasteiger partial charge is 0.219 e. The van der Waals surface area contributed by atoms with E-state index in [0.717, 1.165) is 288 Å². The molecule has 24 heterocycles. The van der Waals surface area contributed by atoms with E-state index < -0.39 is 0 Å². The van der Waals surface area contributed by atoms with Gasteiger partial charge in [0.1, 0.15) is 76.6 Å². The molecule has 36 heteroatoms. The topological polar surface area (TPSA) is 297 Å². The zero-order valence-corrected chi connectivity index (χ0v) is 81.5. The Hall–Kier alpha value is -15.1. The molecule has 31 nitrogen and oxygen atoms in total. The van der Waals surface area contributed by atoms with Crippen molar-refractivity contribution >= 4 is 85.8 Å². The molecule has 0 unspecified atom stereocenters. The molecule has 0 radical (unpaired) electrons. The molecule has 10 aliphatic heterocycles. The molecule has 5 saturated heterocycles. The van der Waals surface area contributed by atoms with Crippen molar-refractivity contribution in [1.29, 1.82) is 0 Å². The Morgan fingerprint density at radius 3 is 1.17 bits per heavy atom. The zero-order valence-electron chi connectivity index (χ0n) is 81.5. The van der Waals surface area contributed by atoms with Crippen LogP contribution in [0.5, 0.6) is 11.8 Å². The number of piperidine rings is 5. The Morgan fingerprint density at radius 1 is 0.352 bits per heavy atom. The van der Waals surface area contributed by atoms with Gasteiger partial charge in [-0.15, -0.1) is 5.10 Å². The lowest BCUT2D eigenvalue weighted by atomic mass is 9.92. The Kier molecular flexibility index (Phi) is 20.9. The fourth-order valence-electron chi connectivity index (χ4n) is 26.0. The predicted octanol–water partition coefficient (Wildman–Crippen LogP) is 15.9. The number of halogens is 5. The van der Waals surface area contributed by atoms with Crippen LogP contribution in [0.3, 0.4) is 0 Å². The number of aromatic nitrogens is 19. The average molecular weight is 1960 g/mol. The average Bonchev–Trinajstić information content (AvgIpc) is 1.54. The number of aryl methyl sites for hydroxylation is 3. The van der Waals surface area contributed by atoms with Crippen LogP contribution in [0.2, 0.25) is 0 Å². The van der Waals surface area contributed by atoms with Gasteiger partial charge in [0.15, 0.2) is 28.2 Å². The first kappa shape index (κ1) is 89.9. The van der Waals surface area contributed by atoms with Crippen LogP contribution in [0, 0.1) is 58.7 Å². The molecule has 15 atom stereocenters. The highest BCUT2D eigenvalue weighted by Gasteiger charge is 2.69. The van der Waals surface area contributed by atoms with E-state index in [2.05, 4.69) is 150 Å². The van der Waals surface area contributed by atoms with E-state index in [9.17, 15) is 22.0 Å². The predicted molar refractivity (Wildman–Crippen MR) is 541 cm³/mol. The van der Waals surface area contributed by atoms with Crippen LogP contribution >= 0.6 is 0 Å². The third-order valence-electron chi connectivity index (χ3n) is 33.5. The number of rotatable bonds is 0. The zero-order chi connectivity index (χ0) is 98.8. The number of imidazole rings is 1. The van der Waals surface area contributed by atoms with Crippen LogP contribution in [-0.2, 0) is 47.0 Å². The molecule has 740 valence electrons. The third kappa shape index (κ3) is 14.8. The van der Waals surface area contributed by atoms with E-state index in [1.54, 1.807) is 66.9 Å². The summed E-state index contributed by atoms with van der Waals surface area (Å²) in [6.45, 7) is 36.9. The van der Waals surface area contributed by atoms with Crippen molar-refractivity contribution < 1.29 is 31.4 Å². The van der Waals surface area contributed by atoms with E-state index >= 15 is 0 Å². The molecule has 14 aromatic heterocycles. The molecule has 10 bridgehead atoms. The van der Waals surface area contributed by atoms with Gasteiger partial charge in [0.2, 0.25) is 11.8 Å². The molecule has 5 spiro atoms. The van der Waals surface area contributed by atoms with Crippen LogP contribution in [-0.4, -0.2) is 169 Å². The molecule has 5 N–H and O–H groups in total. The van der Waals surface area contributed by atoms with Crippen molar-refractivity contribution in [3.63, 3.8) is 0 Å². The Balaban J connectivity index is 0.0000000923. The van der Waals surface area contributed by atoms with Crippen LogP contribution in [0.4, 0.5) is 51.0 Å². The molecule has 15 aromatic rings. The molecule has 1 aromatic carbocycles. The van der Waals surface area contributed by atoms with Gasteiger partial charge in [0, 0.05) is 132 Å². The second kappa shape index (κ2) is 33.7. The van der Waals surface area contributed by atoms with Crippen molar-refractivity contribution in [2.24, 2.45) is 29.6 Å². The number of ether oxygens (including phenoxy) is 2. The summed E-state index contributed by atoms with van der Waals surface area (Å²) in [7, 11) is 0. The summed E-state index contributed by atoms with van der Waals surface area (Å²) in [5.74, 6) is 6.63. The van der Waals surface area contributed by atoms with Gasteiger partial charge in [-0.3, -0.25) is 9.97 Å². The van der Waals surface area contributed by atoms with Gasteiger partial charge >= 0.3 is 0 Å². The van der Waals surface area contributed by atoms with E-state index in [1.807, 2.05) is 104 Å². The standard InChI is InChI=1S/C23H24FN5.2C22H23FN6.2C21H21FN6O/c1-14-3-4-16-5-6-18(24)11-20(16)23-12-17(23)7-9-28(23)21-8-10-29-22(27-21)19(13-25-29)15(2)26-14;1-13-3-4-19-18(9-16(23)11-24-19)22-10-15(22)5-7-28(22)20-6-8-29-21(27-20)17(12-25-29)14(2)26-13;1-13-3-4-18-17(9-16(23)11-24-18)22-10-15(22)7-8-28(22)21-6-5-20-25-12-19(14(2)26-13)29(20)27-21;1-12-11-29-20-17(7-15(22)9-23-20)21-8-14(21)3-5-27(21)18-4-6-28-19(26-18)16(10-24-28)13(2)25-12;1-12-9-23-13(2)16-11-25-28-6-4-18(26-19(16)28)27-5-3-14-8-21(14,27)17-7-15(22)10-24-20(17)29-12/h5-6,8,10-11,13-14,17,26H,2-4,7,9,12H2,1H3;6,8-9,11-13,15,26H,2-5,7,10H2,1H3;5-6,9,11-13,15,26H,2-4,7-8,10H2,1H3;4,6-7,9-10,12,14,25H,2-3,5,8,11H2,1H3;4,6-7,10-12,14,23H,2-3,5,8-9H2,1H3/t14-,17+,23-;13-,15-,22+;13-,15+,22-;2*12-,14-,21+/m10100/s1. The Labute approximate surface area is 833 Å². The lowest BCUT2D eigenvalue weighted by molar-refractivity contribution is 0.209. The van der Waals surface area contributed by atoms with Crippen LogP contribution < -0.4 is 60.6 Å². The lowest BCUT2D eigenvalue weighted by Gasteiger charge is -2.31. The van der Waals surface area contributed by atoms with Crippen LogP contribution in [0.15, 0.2) is 192 Å². The number of hydrogen-bond donors (Lipinski definition) is 5. The van der Waals surface area contributed by atoms with E-state index in [0.29, 0.717) is 54.5 Å². The second-order valence-corrected chi connectivity index (χ2v) is 42.3. The number of pyridine rings is 4. The van der Waals surface area contributed by atoms with Crippen molar-refractivity contribution in [2.75, 3.05) is 70.4 Å².